The molecule has 0 radical (unpaired) electrons. The Morgan fingerprint density at radius 1 is 1.45 bits per heavy atom. The summed E-state index contributed by atoms with van der Waals surface area (Å²) in [4.78, 5) is 9.63. The minimum Gasteiger partial charge on any atom is -0.399 e. The molecule has 0 heterocycles. The van der Waals surface area contributed by atoms with Crippen LogP contribution in [0.15, 0.2) is 23.1 Å². The van der Waals surface area contributed by atoms with Crippen LogP contribution in [-0.2, 0) is 14.8 Å². The first-order valence-electron chi connectivity index (χ1n) is 5.89. The van der Waals surface area contributed by atoms with E-state index in [0.29, 0.717) is 0 Å². The number of hydrogen-bond acceptors (Lipinski definition) is 6. The highest BCUT2D eigenvalue weighted by Gasteiger charge is 2.25. The van der Waals surface area contributed by atoms with Gasteiger partial charge in [0.25, 0.3) is 5.69 Å². The van der Waals surface area contributed by atoms with Gasteiger partial charge in [0.2, 0.25) is 10.0 Å². The molecule has 20 heavy (non-hydrogen) atoms. The number of anilines is 1. The fraction of sp³-hybridized carbons (Fsp3) is 0.455. The summed E-state index contributed by atoms with van der Waals surface area (Å²) in [5, 5.41) is 10.8. The minimum absolute atomic E-state index is 0.0203. The fourth-order valence-electron chi connectivity index (χ4n) is 1.45. The number of nitrogens with one attached hydrogen (secondary N) is 1. The maximum Gasteiger partial charge on any atom is 0.289 e. The Morgan fingerprint density at radius 3 is 2.65 bits per heavy atom. The molecule has 0 amide bonds. The number of ether oxygens (including phenoxy) is 1. The lowest BCUT2D eigenvalue weighted by Gasteiger charge is -2.10. The standard InChI is InChI=1S/C11H17N3O5S/c1-8(2)19-6-5-13-20(17,18)11-7-9(12)3-4-10(11)14(15)16/h3-4,7-8,13H,5-6,12H2,1-2H3. The quantitative estimate of drug-likeness (QED) is 0.333. The second kappa shape index (κ2) is 6.64. The maximum atomic E-state index is 12.0. The third-order valence-corrected chi connectivity index (χ3v) is 3.81. The molecule has 0 aromatic heterocycles. The van der Waals surface area contributed by atoms with Crippen LogP contribution >= 0.6 is 0 Å². The second-order valence-electron chi connectivity index (χ2n) is 4.30. The zero-order valence-corrected chi connectivity index (χ0v) is 12.0. The van der Waals surface area contributed by atoms with Gasteiger partial charge in [-0.1, -0.05) is 0 Å². The van der Waals surface area contributed by atoms with Gasteiger partial charge in [-0.2, -0.15) is 0 Å². The number of nitro groups is 1. The van der Waals surface area contributed by atoms with Gasteiger partial charge < -0.3 is 10.5 Å². The van der Waals surface area contributed by atoms with E-state index in [-0.39, 0.29) is 24.9 Å². The molecule has 0 saturated carbocycles. The highest BCUT2D eigenvalue weighted by molar-refractivity contribution is 7.89. The summed E-state index contributed by atoms with van der Waals surface area (Å²) >= 11 is 0. The average Bonchev–Trinajstić information content (AvgIpc) is 2.34. The van der Waals surface area contributed by atoms with Crippen molar-refractivity contribution in [2.45, 2.75) is 24.8 Å². The molecule has 1 aromatic carbocycles. The van der Waals surface area contributed by atoms with E-state index in [2.05, 4.69) is 4.72 Å². The van der Waals surface area contributed by atoms with E-state index in [9.17, 15) is 18.5 Å². The average molecular weight is 303 g/mol. The molecular formula is C11H17N3O5S. The summed E-state index contributed by atoms with van der Waals surface area (Å²) < 4.78 is 31.5. The number of nitrogens with zero attached hydrogens (tertiary/aromatic N) is 1. The highest BCUT2D eigenvalue weighted by Crippen LogP contribution is 2.25. The number of hydrogen-bond donors (Lipinski definition) is 2. The molecule has 112 valence electrons. The predicted octanol–water partition coefficient (Wildman–Crippen LogP) is 0.880. The normalized spacial score (nSPS) is 11.8. The van der Waals surface area contributed by atoms with Crippen molar-refractivity contribution in [3.05, 3.63) is 28.3 Å². The first-order valence-corrected chi connectivity index (χ1v) is 7.37. The Labute approximate surface area is 117 Å². The van der Waals surface area contributed by atoms with E-state index in [1.165, 1.54) is 6.07 Å². The van der Waals surface area contributed by atoms with E-state index in [4.69, 9.17) is 10.5 Å². The number of rotatable bonds is 7. The third-order valence-electron chi connectivity index (χ3n) is 2.32. The van der Waals surface area contributed by atoms with Crippen molar-refractivity contribution in [3.63, 3.8) is 0 Å². The molecule has 0 saturated heterocycles. The summed E-state index contributed by atoms with van der Waals surface area (Å²) in [6.07, 6.45) is -0.0267. The Bertz CT molecular complexity index is 586. The van der Waals surface area contributed by atoms with Gasteiger partial charge in [0.15, 0.2) is 4.90 Å². The van der Waals surface area contributed by atoms with E-state index in [0.717, 1.165) is 12.1 Å². The molecule has 0 fully saturated rings. The number of nitrogens with two attached hydrogens (primary N) is 1. The summed E-state index contributed by atoms with van der Waals surface area (Å²) in [7, 11) is -4.01. The second-order valence-corrected chi connectivity index (χ2v) is 6.04. The van der Waals surface area contributed by atoms with E-state index >= 15 is 0 Å². The summed E-state index contributed by atoms with van der Waals surface area (Å²) in [5.41, 5.74) is 5.10. The molecule has 1 aromatic rings. The van der Waals surface area contributed by atoms with Crippen molar-refractivity contribution in [3.8, 4) is 0 Å². The molecule has 1 rings (SSSR count). The Morgan fingerprint density at radius 2 is 2.10 bits per heavy atom. The van der Waals surface area contributed by atoms with Gasteiger partial charge in [-0.25, -0.2) is 13.1 Å². The van der Waals surface area contributed by atoms with Crippen molar-refractivity contribution < 1.29 is 18.1 Å². The fourth-order valence-corrected chi connectivity index (χ4v) is 2.66. The van der Waals surface area contributed by atoms with Crippen LogP contribution in [0.4, 0.5) is 11.4 Å². The SMILES string of the molecule is CC(C)OCCNS(=O)(=O)c1cc(N)ccc1[N+](=O)[O-]. The summed E-state index contributed by atoms with van der Waals surface area (Å²) in [6.45, 7) is 3.83. The van der Waals surface area contributed by atoms with Crippen molar-refractivity contribution in [1.29, 1.82) is 0 Å². The molecular weight excluding hydrogens is 286 g/mol. The van der Waals surface area contributed by atoms with E-state index in [1.807, 2.05) is 13.8 Å². The topological polar surface area (TPSA) is 125 Å². The predicted molar refractivity (Wildman–Crippen MR) is 73.8 cm³/mol. The van der Waals surface area contributed by atoms with Crippen LogP contribution in [0.25, 0.3) is 0 Å². The zero-order valence-electron chi connectivity index (χ0n) is 11.2. The molecule has 0 aliphatic heterocycles. The van der Waals surface area contributed by atoms with Crippen LogP contribution < -0.4 is 10.5 Å². The first kappa shape index (κ1) is 16.3. The number of nitro benzene ring substituents is 1. The van der Waals surface area contributed by atoms with E-state index < -0.39 is 25.5 Å². The van der Waals surface area contributed by atoms with E-state index in [1.54, 1.807) is 0 Å². The van der Waals surface area contributed by atoms with Crippen LogP contribution in [-0.4, -0.2) is 32.6 Å². The maximum absolute atomic E-state index is 12.0. The molecule has 0 aliphatic carbocycles. The van der Waals surface area contributed by atoms with Gasteiger partial charge in [0, 0.05) is 18.3 Å². The number of sulfonamides is 1. The number of benzene rings is 1. The van der Waals surface area contributed by atoms with Crippen molar-refractivity contribution in [1.82, 2.24) is 4.72 Å². The van der Waals surface area contributed by atoms with Gasteiger partial charge in [-0.3, -0.25) is 10.1 Å². The Balaban J connectivity index is 2.92. The Hall–Kier alpha value is -1.71. The van der Waals surface area contributed by atoms with Gasteiger partial charge in [-0.15, -0.1) is 0 Å². The molecule has 8 nitrogen and oxygen atoms in total. The molecule has 0 bridgehead atoms. The van der Waals surface area contributed by atoms with Crippen LogP contribution in [0, 0.1) is 10.1 Å². The summed E-state index contributed by atoms with van der Waals surface area (Å²) in [5.74, 6) is 0. The van der Waals surface area contributed by atoms with Crippen molar-refractivity contribution in [2.75, 3.05) is 18.9 Å². The molecule has 0 aliphatic rings. The first-order chi connectivity index (χ1) is 9.24. The minimum atomic E-state index is -4.01. The van der Waals surface area contributed by atoms with Crippen LogP contribution in [0.3, 0.4) is 0 Å². The lowest BCUT2D eigenvalue weighted by molar-refractivity contribution is -0.387. The molecule has 3 N–H and O–H groups in total. The summed E-state index contributed by atoms with van der Waals surface area (Å²) in [6, 6.07) is 3.40. The van der Waals surface area contributed by atoms with Gasteiger partial charge in [0.05, 0.1) is 17.6 Å². The lowest BCUT2D eigenvalue weighted by atomic mass is 10.3. The van der Waals surface area contributed by atoms with Crippen molar-refractivity contribution in [2.24, 2.45) is 0 Å². The van der Waals surface area contributed by atoms with Crippen LogP contribution in [0.1, 0.15) is 13.8 Å². The van der Waals surface area contributed by atoms with Gasteiger partial charge in [0.1, 0.15) is 0 Å². The largest absolute Gasteiger partial charge is 0.399 e. The van der Waals surface area contributed by atoms with Crippen LogP contribution in [0.2, 0.25) is 0 Å². The van der Waals surface area contributed by atoms with Crippen LogP contribution in [0.5, 0.6) is 0 Å². The molecule has 9 heteroatoms. The lowest BCUT2D eigenvalue weighted by Crippen LogP contribution is -2.28. The molecule has 0 spiro atoms. The zero-order chi connectivity index (χ0) is 15.3. The third kappa shape index (κ3) is 4.44. The van der Waals surface area contributed by atoms with Gasteiger partial charge in [-0.05, 0) is 26.0 Å². The van der Waals surface area contributed by atoms with Crippen molar-refractivity contribution >= 4 is 21.4 Å². The van der Waals surface area contributed by atoms with Gasteiger partial charge >= 0.3 is 0 Å². The Kier molecular flexibility index (Phi) is 5.43. The highest BCUT2D eigenvalue weighted by atomic mass is 32.2. The molecule has 0 unspecified atom stereocenters. The molecule has 0 atom stereocenters. The smallest absolute Gasteiger partial charge is 0.289 e. The number of nitrogen functional groups attached to an aromatic ring is 1. The monoisotopic (exact) mass is 303 g/mol.